The fourth-order valence-corrected chi connectivity index (χ4v) is 5.04. The summed E-state index contributed by atoms with van der Waals surface area (Å²) in [5, 5.41) is 2.93. The molecule has 1 unspecified atom stereocenters. The number of nitrogens with one attached hydrogen (secondary N) is 1. The number of rotatable bonds is 6. The number of carbonyl (C=O) groups excluding carboxylic acids is 2. The van der Waals surface area contributed by atoms with Crippen LogP contribution in [0.2, 0.25) is 0 Å². The smallest absolute Gasteiger partial charge is 0.254 e. The Labute approximate surface area is 209 Å². The minimum atomic E-state index is -0.297. The van der Waals surface area contributed by atoms with Crippen molar-refractivity contribution in [3.05, 3.63) is 66.2 Å². The fourth-order valence-electron chi connectivity index (χ4n) is 5.04. The van der Waals surface area contributed by atoms with Crippen molar-refractivity contribution in [2.45, 2.75) is 25.3 Å². The maximum absolute atomic E-state index is 13.9. The highest BCUT2D eigenvalue weighted by Gasteiger charge is 2.32. The highest BCUT2D eigenvalue weighted by atomic mass is 16.5. The van der Waals surface area contributed by atoms with Gasteiger partial charge in [0.15, 0.2) is 0 Å². The first-order valence-corrected chi connectivity index (χ1v) is 12.1. The summed E-state index contributed by atoms with van der Waals surface area (Å²) in [5.74, 6) is 1.23. The summed E-state index contributed by atoms with van der Waals surface area (Å²) in [6, 6.07) is 13.3. The van der Waals surface area contributed by atoms with Crippen LogP contribution in [-0.4, -0.2) is 56.1 Å². The van der Waals surface area contributed by atoms with Gasteiger partial charge in [0.25, 0.3) is 5.91 Å². The summed E-state index contributed by atoms with van der Waals surface area (Å²) < 4.78 is 8.93. The maximum Gasteiger partial charge on any atom is 0.254 e. The van der Waals surface area contributed by atoms with Crippen molar-refractivity contribution >= 4 is 28.5 Å². The van der Waals surface area contributed by atoms with Crippen LogP contribution in [0.4, 0.5) is 5.69 Å². The third-order valence-electron chi connectivity index (χ3n) is 6.72. The number of aryl methyl sites for hydroxylation is 2. The van der Waals surface area contributed by atoms with Crippen molar-refractivity contribution in [2.24, 2.45) is 14.1 Å². The van der Waals surface area contributed by atoms with Gasteiger partial charge in [-0.1, -0.05) is 30.3 Å². The van der Waals surface area contributed by atoms with Gasteiger partial charge < -0.3 is 24.1 Å². The van der Waals surface area contributed by atoms with Crippen molar-refractivity contribution < 1.29 is 14.3 Å². The predicted molar refractivity (Wildman–Crippen MR) is 137 cm³/mol. The average molecular weight is 487 g/mol. The van der Waals surface area contributed by atoms with E-state index in [4.69, 9.17) is 9.72 Å². The largest absolute Gasteiger partial charge is 0.375 e. The van der Waals surface area contributed by atoms with E-state index in [0.717, 1.165) is 42.0 Å². The SMILES string of the molecule is COCC(=O)Nc1cc(C(=O)N2CCCCC2c2nccn2C)cc2nc(-c3ccccc3)n(C)c12. The van der Waals surface area contributed by atoms with Crippen LogP contribution in [0.25, 0.3) is 22.4 Å². The monoisotopic (exact) mass is 486 g/mol. The van der Waals surface area contributed by atoms with Crippen molar-refractivity contribution in [2.75, 3.05) is 25.6 Å². The lowest BCUT2D eigenvalue weighted by Gasteiger charge is -2.35. The summed E-state index contributed by atoms with van der Waals surface area (Å²) in [7, 11) is 5.34. The number of likely N-dealkylation sites (tertiary alicyclic amines) is 1. The van der Waals surface area contributed by atoms with E-state index in [2.05, 4.69) is 10.3 Å². The molecule has 9 nitrogen and oxygen atoms in total. The van der Waals surface area contributed by atoms with Gasteiger partial charge in [0.05, 0.1) is 22.8 Å². The Kier molecular flexibility index (Phi) is 6.56. The average Bonchev–Trinajstić information content (AvgIpc) is 3.47. The quantitative estimate of drug-likeness (QED) is 0.446. The first-order valence-electron chi connectivity index (χ1n) is 12.1. The number of nitrogens with zero attached hydrogens (tertiary/aromatic N) is 5. The number of carbonyl (C=O) groups is 2. The number of fused-ring (bicyclic) bond motifs is 1. The molecule has 1 atom stereocenters. The van der Waals surface area contributed by atoms with Gasteiger partial charge in [-0.05, 0) is 31.4 Å². The lowest BCUT2D eigenvalue weighted by atomic mass is 9.99. The van der Waals surface area contributed by atoms with Crippen molar-refractivity contribution in [1.82, 2.24) is 24.0 Å². The molecule has 186 valence electrons. The second kappa shape index (κ2) is 9.94. The van der Waals surface area contributed by atoms with Crippen LogP contribution in [-0.2, 0) is 23.6 Å². The Balaban J connectivity index is 1.60. The molecule has 5 rings (SSSR count). The summed E-state index contributed by atoms with van der Waals surface area (Å²) >= 11 is 0. The Morgan fingerprint density at radius 1 is 1.14 bits per heavy atom. The van der Waals surface area contributed by atoms with Crippen LogP contribution < -0.4 is 5.32 Å². The van der Waals surface area contributed by atoms with E-state index in [1.807, 2.05) is 70.7 Å². The molecule has 9 heteroatoms. The van der Waals surface area contributed by atoms with Crippen LogP contribution in [0, 0.1) is 0 Å². The van der Waals surface area contributed by atoms with Gasteiger partial charge in [-0.15, -0.1) is 0 Å². The summed E-state index contributed by atoms with van der Waals surface area (Å²) in [6.45, 7) is 0.563. The molecule has 1 saturated heterocycles. The molecule has 1 fully saturated rings. The highest BCUT2D eigenvalue weighted by Crippen LogP contribution is 2.34. The third-order valence-corrected chi connectivity index (χ3v) is 6.72. The molecule has 1 N–H and O–H groups in total. The zero-order chi connectivity index (χ0) is 25.2. The summed E-state index contributed by atoms with van der Waals surface area (Å²) in [6.07, 6.45) is 6.51. The van der Waals surface area contributed by atoms with Crippen LogP contribution in [0.1, 0.15) is 41.5 Å². The number of hydrogen-bond acceptors (Lipinski definition) is 5. The van der Waals surface area contributed by atoms with Gasteiger partial charge in [0.2, 0.25) is 5.91 Å². The van der Waals surface area contributed by atoms with Gasteiger partial charge >= 0.3 is 0 Å². The lowest BCUT2D eigenvalue weighted by molar-refractivity contribution is -0.119. The number of benzene rings is 2. The molecule has 3 heterocycles. The molecule has 0 bridgehead atoms. The molecule has 36 heavy (non-hydrogen) atoms. The Morgan fingerprint density at radius 3 is 2.67 bits per heavy atom. The molecule has 1 aliphatic heterocycles. The number of methoxy groups -OCH3 is 1. The second-order valence-electron chi connectivity index (χ2n) is 9.14. The topological polar surface area (TPSA) is 94.3 Å². The number of piperidine rings is 1. The predicted octanol–water partition coefficient (Wildman–Crippen LogP) is 3.93. The van der Waals surface area contributed by atoms with E-state index >= 15 is 0 Å². The van der Waals surface area contributed by atoms with Gasteiger partial charge in [-0.25, -0.2) is 9.97 Å². The first-order chi connectivity index (χ1) is 17.5. The summed E-state index contributed by atoms with van der Waals surface area (Å²) in [4.78, 5) is 37.7. The number of hydrogen-bond donors (Lipinski definition) is 1. The summed E-state index contributed by atoms with van der Waals surface area (Å²) in [5.41, 5.74) is 3.34. The molecule has 0 aliphatic carbocycles. The van der Waals surface area contributed by atoms with Crippen molar-refractivity contribution in [3.63, 3.8) is 0 Å². The molecule has 0 radical (unpaired) electrons. The molecular formula is C27H30N6O3. The van der Waals surface area contributed by atoms with E-state index < -0.39 is 0 Å². The van der Waals surface area contributed by atoms with Gasteiger partial charge in [0, 0.05) is 51.3 Å². The highest BCUT2D eigenvalue weighted by molar-refractivity contribution is 6.06. The van der Waals surface area contributed by atoms with Gasteiger partial charge in [-0.2, -0.15) is 0 Å². The number of imidazole rings is 2. The van der Waals surface area contributed by atoms with E-state index in [1.165, 1.54) is 7.11 Å². The Hall–Kier alpha value is -3.98. The number of ether oxygens (including phenoxy) is 1. The normalized spacial score (nSPS) is 15.9. The minimum absolute atomic E-state index is 0.0869. The molecule has 2 amide bonds. The fraction of sp³-hybridized carbons (Fsp3) is 0.333. The van der Waals surface area contributed by atoms with Crippen LogP contribution in [0.3, 0.4) is 0 Å². The molecule has 2 aromatic heterocycles. The third kappa shape index (κ3) is 4.37. The Bertz CT molecular complexity index is 1410. The minimum Gasteiger partial charge on any atom is -0.375 e. The molecule has 2 aromatic carbocycles. The number of aromatic nitrogens is 4. The van der Waals surface area contributed by atoms with Gasteiger partial charge in [0.1, 0.15) is 18.3 Å². The molecule has 0 spiro atoms. The molecule has 1 aliphatic rings. The molecular weight excluding hydrogens is 456 g/mol. The standard InChI is InChI=1S/C27H30N6O3/c1-31-14-12-28-26(31)22-11-7-8-13-33(22)27(35)19-15-20(29-23(34)17-36-3)24-21(16-19)30-25(32(24)2)18-9-5-4-6-10-18/h4-6,9-10,12,14-16,22H,7-8,11,13,17H2,1-3H3,(H,29,34). The Morgan fingerprint density at radius 2 is 1.94 bits per heavy atom. The first kappa shape index (κ1) is 23.7. The van der Waals surface area contributed by atoms with Crippen LogP contribution in [0.5, 0.6) is 0 Å². The van der Waals surface area contributed by atoms with E-state index in [1.54, 1.807) is 12.3 Å². The van der Waals surface area contributed by atoms with E-state index in [0.29, 0.717) is 23.3 Å². The van der Waals surface area contributed by atoms with Gasteiger partial charge in [-0.3, -0.25) is 9.59 Å². The maximum atomic E-state index is 13.9. The number of amides is 2. The zero-order valence-corrected chi connectivity index (χ0v) is 20.8. The van der Waals surface area contributed by atoms with Crippen LogP contribution >= 0.6 is 0 Å². The van der Waals surface area contributed by atoms with E-state index in [9.17, 15) is 9.59 Å². The van der Waals surface area contributed by atoms with E-state index in [-0.39, 0.29) is 24.5 Å². The number of anilines is 1. The van der Waals surface area contributed by atoms with Crippen LogP contribution in [0.15, 0.2) is 54.9 Å². The second-order valence-corrected chi connectivity index (χ2v) is 9.14. The lowest BCUT2D eigenvalue weighted by Crippen LogP contribution is -2.39. The molecule has 0 saturated carbocycles. The molecule has 4 aromatic rings. The zero-order valence-electron chi connectivity index (χ0n) is 20.8. The van der Waals surface area contributed by atoms with Crippen molar-refractivity contribution in [1.29, 1.82) is 0 Å². The van der Waals surface area contributed by atoms with Crippen molar-refractivity contribution in [3.8, 4) is 11.4 Å².